The zero-order chi connectivity index (χ0) is 29.2. The molecule has 0 spiro atoms. The van der Waals surface area contributed by atoms with E-state index in [0.29, 0.717) is 5.56 Å². The van der Waals surface area contributed by atoms with Crippen LogP contribution in [0.1, 0.15) is 23.7 Å². The molecule has 0 aliphatic rings. The Hall–Kier alpha value is -5.39. The summed E-state index contributed by atoms with van der Waals surface area (Å²) in [6.07, 6.45) is 6.21. The van der Waals surface area contributed by atoms with E-state index in [0.717, 1.165) is 55.5 Å². The Morgan fingerprint density at radius 3 is 2.53 bits per heavy atom. The van der Waals surface area contributed by atoms with Gasteiger partial charge in [0.2, 0.25) is 0 Å². The number of amidine groups is 1. The highest BCUT2D eigenvalue weighted by molar-refractivity contribution is 7.26. The van der Waals surface area contributed by atoms with E-state index >= 15 is 0 Å². The van der Waals surface area contributed by atoms with Crippen LogP contribution in [-0.4, -0.2) is 10.4 Å². The highest BCUT2D eigenvalue weighted by atomic mass is 32.1. The summed E-state index contributed by atoms with van der Waals surface area (Å²) in [5.74, 6) is 0.0339. The third kappa shape index (κ3) is 3.72. The molecule has 206 valence electrons. The van der Waals surface area contributed by atoms with Crippen molar-refractivity contribution < 1.29 is 4.42 Å². The van der Waals surface area contributed by atoms with Crippen molar-refractivity contribution in [2.75, 3.05) is 0 Å². The van der Waals surface area contributed by atoms with Crippen LogP contribution in [-0.2, 0) is 0 Å². The van der Waals surface area contributed by atoms with Gasteiger partial charge < -0.3 is 14.7 Å². The number of fused-ring (bicyclic) bond motifs is 7. The van der Waals surface area contributed by atoms with Crippen LogP contribution in [0, 0.1) is 5.41 Å². The molecule has 5 aromatic carbocycles. The molecule has 0 aliphatic heterocycles. The van der Waals surface area contributed by atoms with Gasteiger partial charge in [-0.3, -0.25) is 5.41 Å². The average Bonchev–Trinajstić information content (AvgIpc) is 3.69. The van der Waals surface area contributed by atoms with Gasteiger partial charge >= 0.3 is 0 Å². The van der Waals surface area contributed by atoms with Crippen LogP contribution < -0.4 is 5.73 Å². The van der Waals surface area contributed by atoms with Gasteiger partial charge in [-0.2, -0.15) is 0 Å². The van der Waals surface area contributed by atoms with Gasteiger partial charge in [0.15, 0.2) is 0 Å². The van der Waals surface area contributed by atoms with Crippen LogP contribution >= 0.6 is 11.3 Å². The van der Waals surface area contributed by atoms with Crippen molar-refractivity contribution in [2.24, 2.45) is 5.73 Å². The van der Waals surface area contributed by atoms with Crippen LogP contribution in [0.5, 0.6) is 0 Å². The number of benzene rings is 5. The number of nitrogens with two attached hydrogens (primary N) is 1. The molecule has 4 nitrogen and oxygen atoms in total. The van der Waals surface area contributed by atoms with E-state index in [1.807, 2.05) is 41.7 Å². The zero-order valence-electron chi connectivity index (χ0n) is 23.5. The average molecular weight is 574 g/mol. The van der Waals surface area contributed by atoms with E-state index < -0.39 is 0 Å². The van der Waals surface area contributed by atoms with Crippen molar-refractivity contribution in [3.05, 3.63) is 127 Å². The summed E-state index contributed by atoms with van der Waals surface area (Å²) >= 11 is 1.81. The maximum atomic E-state index is 8.15. The van der Waals surface area contributed by atoms with Gasteiger partial charge in [0.1, 0.15) is 17.0 Å². The van der Waals surface area contributed by atoms with Gasteiger partial charge in [-0.05, 0) is 72.7 Å². The number of nitrogens with one attached hydrogen (secondary N) is 1. The third-order valence-electron chi connectivity index (χ3n) is 8.31. The van der Waals surface area contributed by atoms with Crippen molar-refractivity contribution in [2.45, 2.75) is 6.92 Å². The predicted molar refractivity (Wildman–Crippen MR) is 185 cm³/mol. The lowest BCUT2D eigenvalue weighted by Gasteiger charge is -2.11. The molecule has 3 heterocycles. The number of furan rings is 1. The number of rotatable bonds is 5. The second-order valence-corrected chi connectivity index (χ2v) is 11.8. The van der Waals surface area contributed by atoms with Gasteiger partial charge in [0, 0.05) is 53.1 Å². The Bertz CT molecular complexity index is 2470. The van der Waals surface area contributed by atoms with E-state index in [-0.39, 0.29) is 5.84 Å². The maximum absolute atomic E-state index is 8.15. The number of hydrogen-bond donors (Lipinski definition) is 2. The summed E-state index contributed by atoms with van der Waals surface area (Å²) in [6.45, 7) is 6.19. The van der Waals surface area contributed by atoms with Gasteiger partial charge in [-0.15, -0.1) is 11.3 Å². The van der Waals surface area contributed by atoms with E-state index in [1.165, 1.54) is 25.6 Å². The Kier molecular flexibility index (Phi) is 5.64. The minimum absolute atomic E-state index is 0.0339. The van der Waals surface area contributed by atoms with Crippen LogP contribution in [0.3, 0.4) is 0 Å². The largest absolute Gasteiger partial charge is 0.456 e. The van der Waals surface area contributed by atoms with Crippen LogP contribution in [0.15, 0.2) is 114 Å². The second-order valence-electron chi connectivity index (χ2n) is 10.7. The van der Waals surface area contributed by atoms with Crippen molar-refractivity contribution in [1.29, 1.82) is 5.41 Å². The molecule has 0 saturated heterocycles. The first-order valence-corrected chi connectivity index (χ1v) is 15.0. The minimum Gasteiger partial charge on any atom is -0.456 e. The molecule has 0 fully saturated rings. The first-order valence-electron chi connectivity index (χ1n) is 14.2. The van der Waals surface area contributed by atoms with Crippen LogP contribution in [0.2, 0.25) is 0 Å². The van der Waals surface area contributed by atoms with E-state index in [1.54, 1.807) is 0 Å². The summed E-state index contributed by atoms with van der Waals surface area (Å²) in [7, 11) is 0. The van der Waals surface area contributed by atoms with Crippen molar-refractivity contribution in [1.82, 2.24) is 4.57 Å². The molecule has 3 N–H and O–H groups in total. The molecule has 8 aromatic rings. The minimum atomic E-state index is 0.0339. The summed E-state index contributed by atoms with van der Waals surface area (Å²) in [4.78, 5) is 0. The summed E-state index contributed by atoms with van der Waals surface area (Å²) in [6, 6.07) is 33.9. The van der Waals surface area contributed by atoms with Gasteiger partial charge in [-0.25, -0.2) is 0 Å². The molecule has 0 unspecified atom stereocenters. The first kappa shape index (κ1) is 25.3. The lowest BCUT2D eigenvalue weighted by Crippen LogP contribution is -2.11. The third-order valence-corrected chi connectivity index (χ3v) is 9.45. The number of thiophene rings is 1. The second kappa shape index (κ2) is 9.58. The number of para-hydroxylation sites is 1. The van der Waals surface area contributed by atoms with Gasteiger partial charge in [0.25, 0.3) is 0 Å². The molecule has 0 radical (unpaired) electrons. The Balaban J connectivity index is 1.40. The molecule has 43 heavy (non-hydrogen) atoms. The zero-order valence-corrected chi connectivity index (χ0v) is 24.3. The quantitative estimate of drug-likeness (QED) is 0.159. The maximum Gasteiger partial charge on any atom is 0.136 e. The molecular weight excluding hydrogens is 547 g/mol. The van der Waals surface area contributed by atoms with Crippen molar-refractivity contribution in [3.63, 3.8) is 0 Å². The first-order chi connectivity index (χ1) is 21.1. The van der Waals surface area contributed by atoms with E-state index in [4.69, 9.17) is 15.6 Å². The van der Waals surface area contributed by atoms with Crippen LogP contribution in [0.4, 0.5) is 0 Å². The molecular formula is C38H27N3OS. The van der Waals surface area contributed by atoms with Crippen molar-refractivity contribution >= 4 is 82.3 Å². The van der Waals surface area contributed by atoms with Gasteiger partial charge in [0.05, 0.1) is 11.2 Å². The highest BCUT2D eigenvalue weighted by Crippen LogP contribution is 2.43. The highest BCUT2D eigenvalue weighted by Gasteiger charge is 2.18. The lowest BCUT2D eigenvalue weighted by molar-refractivity contribution is 0.669. The van der Waals surface area contributed by atoms with Crippen molar-refractivity contribution in [3.8, 4) is 16.8 Å². The fourth-order valence-electron chi connectivity index (χ4n) is 6.51. The number of allylic oxidation sites excluding steroid dienone is 1. The number of aromatic nitrogens is 1. The number of nitrogen functional groups attached to an aromatic ring is 1. The Labute approximate surface area is 252 Å². The SMILES string of the molecule is C=Cc1c(/C=C\C)n(-c2ccc3sc4cccc(-c5ccc6oc7cccc(C(=N)N)c7c6c5)c4c3c2)c2ccccc12. The van der Waals surface area contributed by atoms with E-state index in [9.17, 15) is 0 Å². The predicted octanol–water partition coefficient (Wildman–Crippen LogP) is 10.5. The molecule has 0 saturated carbocycles. The smallest absolute Gasteiger partial charge is 0.136 e. The topological polar surface area (TPSA) is 67.9 Å². The van der Waals surface area contributed by atoms with Crippen LogP contribution in [0.25, 0.3) is 82.0 Å². The summed E-state index contributed by atoms with van der Waals surface area (Å²) < 4.78 is 11.0. The Morgan fingerprint density at radius 2 is 1.70 bits per heavy atom. The molecule has 5 heteroatoms. The molecule has 3 aromatic heterocycles. The number of hydrogen-bond acceptors (Lipinski definition) is 3. The Morgan fingerprint density at radius 1 is 0.837 bits per heavy atom. The standard InChI is InChI=1S/C38H27N3OS/c1-3-9-30-24(4-2)26-10-5-6-13-31(26)41(30)23-17-19-34-29(21-23)37-25(11-8-15-35(37)43-34)22-16-18-32-28(20-22)36-27(38(39)40)12-7-14-33(36)42-32/h3-21H,2H2,1H3,(H3,39,40)/b9-3-. The summed E-state index contributed by atoms with van der Waals surface area (Å²) in [5, 5.41) is 13.6. The monoisotopic (exact) mass is 573 g/mol. The molecule has 0 bridgehead atoms. The lowest BCUT2D eigenvalue weighted by atomic mass is 9.97. The van der Waals surface area contributed by atoms with Gasteiger partial charge in [-0.1, -0.05) is 67.3 Å². The summed E-state index contributed by atoms with van der Waals surface area (Å²) in [5.41, 5.74) is 15.0. The fraction of sp³-hybridized carbons (Fsp3) is 0.0263. The molecule has 8 rings (SSSR count). The molecule has 0 aliphatic carbocycles. The normalized spacial score (nSPS) is 12.0. The molecule has 0 atom stereocenters. The van der Waals surface area contributed by atoms with E-state index in [2.05, 4.69) is 103 Å². The fourth-order valence-corrected chi connectivity index (χ4v) is 7.63. The number of nitrogens with zero attached hydrogens (tertiary/aromatic N) is 1. The molecule has 0 amide bonds.